The normalized spacial score (nSPS) is 12.4. The van der Waals surface area contributed by atoms with E-state index in [0.717, 1.165) is 0 Å². The lowest BCUT2D eigenvalue weighted by molar-refractivity contribution is 0.617. The molecule has 2 aromatic carbocycles. The Labute approximate surface area is 193 Å². The van der Waals surface area contributed by atoms with E-state index in [0.29, 0.717) is 40.4 Å². The Bertz CT molecular complexity index is 1540. The second kappa shape index (κ2) is 8.58. The number of para-hydroxylation sites is 1. The number of aromatic nitrogens is 6. The lowest BCUT2D eigenvalue weighted by atomic mass is 10.1. The van der Waals surface area contributed by atoms with Crippen LogP contribution < -0.4 is 10.2 Å². The molecule has 5 rings (SSSR count). The molecule has 0 amide bonds. The average Bonchev–Trinajstić information content (AvgIpc) is 3.21. The van der Waals surface area contributed by atoms with Crippen molar-refractivity contribution in [1.29, 1.82) is 0 Å². The van der Waals surface area contributed by atoms with Gasteiger partial charge in [0.05, 0.1) is 17.2 Å². The molecule has 8 nitrogen and oxygen atoms in total. The third kappa shape index (κ3) is 3.58. The van der Waals surface area contributed by atoms with E-state index in [-0.39, 0.29) is 11.4 Å². The molecule has 0 aliphatic heterocycles. The van der Waals surface area contributed by atoms with Crippen molar-refractivity contribution in [2.24, 2.45) is 0 Å². The van der Waals surface area contributed by atoms with Crippen molar-refractivity contribution in [1.82, 2.24) is 28.8 Å². The predicted octanol–water partition coefficient (Wildman–Crippen LogP) is 4.05. The molecule has 3 unspecified atom stereocenters. The Morgan fingerprint density at radius 1 is 1.09 bits per heavy atom. The van der Waals surface area contributed by atoms with Gasteiger partial charge in [-0.05, 0) is 49.5 Å². The fourth-order valence-corrected chi connectivity index (χ4v) is 4.73. The fraction of sp³-hybridized carbons (Fsp3) is 0.136. The van der Waals surface area contributed by atoms with Crippen LogP contribution >= 0.6 is 18.8 Å². The van der Waals surface area contributed by atoms with Crippen molar-refractivity contribution < 1.29 is 4.39 Å². The smallest absolute Gasteiger partial charge is 0.269 e. The Kier molecular flexibility index (Phi) is 5.60. The van der Waals surface area contributed by atoms with Gasteiger partial charge in [-0.3, -0.25) is 13.7 Å². The first-order valence-electron chi connectivity index (χ1n) is 10.2. The third-order valence-corrected chi connectivity index (χ3v) is 6.47. The van der Waals surface area contributed by atoms with Gasteiger partial charge in [-0.15, -0.1) is 0 Å². The molecule has 0 aliphatic carbocycles. The molecule has 3 aromatic heterocycles. The summed E-state index contributed by atoms with van der Waals surface area (Å²) in [7, 11) is 5.21. The zero-order chi connectivity index (χ0) is 23.1. The summed E-state index contributed by atoms with van der Waals surface area (Å²) in [5.41, 5.74) is 1.72. The molecule has 11 heteroatoms. The quantitative estimate of drug-likeness (QED) is 0.354. The van der Waals surface area contributed by atoms with Gasteiger partial charge in [-0.2, -0.15) is 0 Å². The summed E-state index contributed by atoms with van der Waals surface area (Å²) in [6.45, 7) is 1.99. The number of benzene rings is 2. The summed E-state index contributed by atoms with van der Waals surface area (Å²) in [5, 5.41) is -0.0403. The number of imidazole rings is 1. The Balaban J connectivity index is 1.77. The Morgan fingerprint density at radius 3 is 2.64 bits per heavy atom. The summed E-state index contributed by atoms with van der Waals surface area (Å²) in [6.07, 6.45) is 3.71. The summed E-state index contributed by atoms with van der Waals surface area (Å²) in [6, 6.07) is 13.2. The van der Waals surface area contributed by atoms with Gasteiger partial charge in [0.15, 0.2) is 17.0 Å². The number of anilines is 1. The molecule has 5 aromatic rings. The summed E-state index contributed by atoms with van der Waals surface area (Å²) < 4.78 is 19.7. The Morgan fingerprint density at radius 2 is 1.88 bits per heavy atom. The molecule has 0 radical (unpaired) electrons. The molecule has 0 bridgehead atoms. The van der Waals surface area contributed by atoms with Gasteiger partial charge in [-0.1, -0.05) is 31.2 Å². The topological polar surface area (TPSA) is 81.7 Å². The van der Waals surface area contributed by atoms with E-state index in [1.807, 2.05) is 29.8 Å². The number of hydrogen-bond acceptors (Lipinski definition) is 6. The number of halogens is 1. The second-order valence-corrected chi connectivity index (χ2v) is 8.55. The van der Waals surface area contributed by atoms with Gasteiger partial charge < -0.3 is 4.67 Å². The monoisotopic (exact) mass is 479 g/mol. The maximum Gasteiger partial charge on any atom is 0.269 e. The molecule has 0 aliphatic rings. The highest BCUT2D eigenvalue weighted by Crippen LogP contribution is 2.35. The number of hydrogen-bond donors (Lipinski definition) is 0. The summed E-state index contributed by atoms with van der Waals surface area (Å²) in [5.74, 6) is 0.450. The number of nitrogens with zero attached hydrogens (tertiary/aromatic N) is 7. The van der Waals surface area contributed by atoms with Gasteiger partial charge in [0.2, 0.25) is 0 Å². The highest BCUT2D eigenvalue weighted by Gasteiger charge is 2.27. The van der Waals surface area contributed by atoms with Crippen LogP contribution in [0.4, 0.5) is 10.2 Å². The number of fused-ring (bicyclic) bond motifs is 2. The van der Waals surface area contributed by atoms with Crippen molar-refractivity contribution >= 4 is 46.7 Å². The van der Waals surface area contributed by atoms with Gasteiger partial charge in [0, 0.05) is 0 Å². The fourth-order valence-electron chi connectivity index (χ4n) is 3.94. The first kappa shape index (κ1) is 21.6. The van der Waals surface area contributed by atoms with Crippen LogP contribution in [0.3, 0.4) is 0 Å². The minimum Gasteiger partial charge on any atom is -0.329 e. The highest BCUT2D eigenvalue weighted by atomic mass is 31.0. The minimum atomic E-state index is -0.597. The van der Waals surface area contributed by atoms with E-state index in [4.69, 9.17) is 4.98 Å². The molecule has 0 N–H and O–H groups in total. The average molecular weight is 479 g/mol. The van der Waals surface area contributed by atoms with Crippen molar-refractivity contribution in [2.75, 3.05) is 4.67 Å². The van der Waals surface area contributed by atoms with Crippen LogP contribution in [0.5, 0.6) is 0 Å². The SMILES string of the molecule is CCC(c1nc2cccc(F)c2c(=O)n1-c1ccccc1)N(P)c1ncnc2c1ncn2P. The number of rotatable bonds is 5. The Hall–Kier alpha value is -3.28. The van der Waals surface area contributed by atoms with Crippen LogP contribution in [-0.2, 0) is 0 Å². The zero-order valence-electron chi connectivity index (χ0n) is 17.6. The third-order valence-electron chi connectivity index (χ3n) is 5.49. The van der Waals surface area contributed by atoms with Crippen molar-refractivity contribution in [3.05, 3.63) is 83.2 Å². The van der Waals surface area contributed by atoms with Crippen LogP contribution in [0.25, 0.3) is 27.8 Å². The van der Waals surface area contributed by atoms with Crippen LogP contribution in [0, 0.1) is 5.82 Å². The molecule has 3 heterocycles. The molecule has 166 valence electrons. The largest absolute Gasteiger partial charge is 0.329 e. The zero-order valence-corrected chi connectivity index (χ0v) is 19.9. The molecule has 3 atom stereocenters. The van der Waals surface area contributed by atoms with E-state index in [1.165, 1.54) is 17.0 Å². The second-order valence-electron chi connectivity index (χ2n) is 7.43. The van der Waals surface area contributed by atoms with E-state index < -0.39 is 11.4 Å². The molecular formula is C22H20FN7OP2. The van der Waals surface area contributed by atoms with E-state index in [2.05, 4.69) is 33.7 Å². The lowest BCUT2D eigenvalue weighted by Gasteiger charge is -2.29. The van der Waals surface area contributed by atoms with Crippen LogP contribution in [0.1, 0.15) is 25.2 Å². The molecule has 0 saturated heterocycles. The van der Waals surface area contributed by atoms with Crippen LogP contribution in [0.15, 0.2) is 66.0 Å². The van der Waals surface area contributed by atoms with E-state index in [1.54, 1.807) is 34.9 Å². The predicted molar refractivity (Wildman–Crippen MR) is 133 cm³/mol. The van der Waals surface area contributed by atoms with Crippen LogP contribution in [-0.4, -0.2) is 28.8 Å². The van der Waals surface area contributed by atoms with Crippen LogP contribution in [0.2, 0.25) is 0 Å². The first-order valence-corrected chi connectivity index (χ1v) is 11.3. The first-order chi connectivity index (χ1) is 16.0. The van der Waals surface area contributed by atoms with Gasteiger partial charge in [0.1, 0.15) is 29.7 Å². The maximum atomic E-state index is 14.7. The summed E-state index contributed by atoms with van der Waals surface area (Å²) in [4.78, 5) is 31.5. The molecule has 0 spiro atoms. The van der Waals surface area contributed by atoms with Gasteiger partial charge >= 0.3 is 0 Å². The van der Waals surface area contributed by atoms with Crippen molar-refractivity contribution in [3.8, 4) is 5.69 Å². The molecule has 0 saturated carbocycles. The minimum absolute atomic E-state index is 0.0403. The lowest BCUT2D eigenvalue weighted by Crippen LogP contribution is -2.31. The van der Waals surface area contributed by atoms with E-state index >= 15 is 0 Å². The van der Waals surface area contributed by atoms with E-state index in [9.17, 15) is 9.18 Å². The van der Waals surface area contributed by atoms with Crippen molar-refractivity contribution in [2.45, 2.75) is 19.4 Å². The highest BCUT2D eigenvalue weighted by molar-refractivity contribution is 7.19. The van der Waals surface area contributed by atoms with Crippen molar-refractivity contribution in [3.63, 3.8) is 0 Å². The summed E-state index contributed by atoms with van der Waals surface area (Å²) >= 11 is 0. The maximum absolute atomic E-state index is 14.7. The van der Waals surface area contributed by atoms with Gasteiger partial charge in [0.25, 0.3) is 5.56 Å². The molecular weight excluding hydrogens is 459 g/mol. The standard InChI is InChI=1S/C22H20FN7OP2/c1-2-16(30(33)21-18-20(24-11-25-21)28(32)12-26-18)19-27-15-10-6-9-14(23)17(15)22(31)29(19)13-7-4-3-5-8-13/h3-12,16H,2,32-33H2,1H3. The molecule has 33 heavy (non-hydrogen) atoms. The molecule has 0 fully saturated rings. The van der Waals surface area contributed by atoms with Gasteiger partial charge in [-0.25, -0.2) is 24.3 Å².